The zero-order valence-electron chi connectivity index (χ0n) is 9.76. The lowest BCUT2D eigenvalue weighted by Crippen LogP contribution is -2.21. The maximum Gasteiger partial charge on any atom is 0.174 e. The topological polar surface area (TPSA) is 64.0 Å². The molecule has 0 unspecified atom stereocenters. The SMILES string of the molecule is C[C@@H](N)Cn1ccc2c(OCC#N)cccc21. The lowest BCUT2D eigenvalue weighted by Gasteiger charge is -2.09. The molecule has 2 N–H and O–H groups in total. The summed E-state index contributed by atoms with van der Waals surface area (Å²) in [6.07, 6.45) is 1.99. The predicted octanol–water partition coefficient (Wildman–Crippen LogP) is 1.89. The molecule has 1 aromatic carbocycles. The monoisotopic (exact) mass is 229 g/mol. The Morgan fingerprint density at radius 1 is 1.47 bits per heavy atom. The quantitative estimate of drug-likeness (QED) is 0.870. The van der Waals surface area contributed by atoms with E-state index in [1.807, 2.05) is 43.5 Å². The van der Waals surface area contributed by atoms with E-state index in [1.165, 1.54) is 0 Å². The van der Waals surface area contributed by atoms with Gasteiger partial charge in [0.25, 0.3) is 0 Å². The summed E-state index contributed by atoms with van der Waals surface area (Å²) in [4.78, 5) is 0. The summed E-state index contributed by atoms with van der Waals surface area (Å²) >= 11 is 0. The second kappa shape index (κ2) is 4.89. The molecule has 0 fully saturated rings. The summed E-state index contributed by atoms with van der Waals surface area (Å²) in [5.74, 6) is 0.743. The second-order valence-electron chi connectivity index (χ2n) is 4.08. The van der Waals surface area contributed by atoms with Gasteiger partial charge in [0.15, 0.2) is 6.61 Å². The van der Waals surface area contributed by atoms with Crippen LogP contribution in [0.2, 0.25) is 0 Å². The Kier molecular flexibility index (Phi) is 3.31. The van der Waals surface area contributed by atoms with Gasteiger partial charge in [-0.2, -0.15) is 5.26 Å². The normalized spacial score (nSPS) is 12.3. The Hall–Kier alpha value is -1.99. The molecule has 2 rings (SSSR count). The summed E-state index contributed by atoms with van der Waals surface area (Å²) in [7, 11) is 0. The van der Waals surface area contributed by atoms with Gasteiger partial charge in [0.05, 0.1) is 5.52 Å². The molecule has 0 bridgehead atoms. The number of hydrogen-bond donors (Lipinski definition) is 1. The Labute approximate surface area is 100 Å². The number of nitrogens with two attached hydrogens (primary N) is 1. The molecule has 0 aliphatic rings. The van der Waals surface area contributed by atoms with Crippen molar-refractivity contribution < 1.29 is 4.74 Å². The largest absolute Gasteiger partial charge is 0.478 e. The van der Waals surface area contributed by atoms with Crippen molar-refractivity contribution in [3.8, 4) is 11.8 Å². The van der Waals surface area contributed by atoms with Crippen LogP contribution >= 0.6 is 0 Å². The minimum atomic E-state index is 0.0670. The number of benzene rings is 1. The van der Waals surface area contributed by atoms with Gasteiger partial charge in [-0.1, -0.05) is 6.07 Å². The molecule has 0 aliphatic carbocycles. The van der Waals surface area contributed by atoms with Gasteiger partial charge < -0.3 is 15.0 Å². The third-order valence-electron chi connectivity index (χ3n) is 2.55. The van der Waals surface area contributed by atoms with Gasteiger partial charge in [0.1, 0.15) is 11.8 Å². The van der Waals surface area contributed by atoms with Gasteiger partial charge in [0, 0.05) is 24.2 Å². The lowest BCUT2D eigenvalue weighted by molar-refractivity contribution is 0.372. The first-order valence-electron chi connectivity index (χ1n) is 5.55. The molecule has 0 saturated carbocycles. The van der Waals surface area contributed by atoms with Crippen LogP contribution in [0.1, 0.15) is 6.92 Å². The number of nitriles is 1. The lowest BCUT2D eigenvalue weighted by atomic mass is 10.2. The molecule has 1 atom stereocenters. The number of fused-ring (bicyclic) bond motifs is 1. The van der Waals surface area contributed by atoms with Gasteiger partial charge in [-0.25, -0.2) is 0 Å². The molecule has 0 amide bonds. The van der Waals surface area contributed by atoms with Crippen molar-refractivity contribution in [1.29, 1.82) is 5.26 Å². The maximum absolute atomic E-state index is 8.53. The van der Waals surface area contributed by atoms with Gasteiger partial charge in [-0.05, 0) is 25.1 Å². The fourth-order valence-corrected chi connectivity index (χ4v) is 1.90. The van der Waals surface area contributed by atoms with Crippen LogP contribution in [-0.4, -0.2) is 17.2 Å². The van der Waals surface area contributed by atoms with Crippen molar-refractivity contribution >= 4 is 10.9 Å². The first kappa shape index (κ1) is 11.5. The zero-order valence-corrected chi connectivity index (χ0v) is 9.76. The molecule has 0 spiro atoms. The summed E-state index contributed by atoms with van der Waals surface area (Å²) in [5.41, 5.74) is 6.88. The second-order valence-corrected chi connectivity index (χ2v) is 4.08. The number of hydrogen-bond acceptors (Lipinski definition) is 3. The number of nitrogens with zero attached hydrogens (tertiary/aromatic N) is 2. The van der Waals surface area contributed by atoms with Crippen LogP contribution in [0.25, 0.3) is 10.9 Å². The van der Waals surface area contributed by atoms with E-state index in [2.05, 4.69) is 4.57 Å². The molecule has 0 saturated heterocycles. The van der Waals surface area contributed by atoms with E-state index in [1.54, 1.807) is 0 Å². The third kappa shape index (κ3) is 2.40. The Morgan fingerprint density at radius 3 is 3.00 bits per heavy atom. The summed E-state index contributed by atoms with van der Waals surface area (Å²) < 4.78 is 7.48. The molecule has 88 valence electrons. The third-order valence-corrected chi connectivity index (χ3v) is 2.55. The molecule has 4 nitrogen and oxygen atoms in total. The zero-order chi connectivity index (χ0) is 12.3. The molecule has 17 heavy (non-hydrogen) atoms. The number of rotatable bonds is 4. The van der Waals surface area contributed by atoms with Crippen LogP contribution in [-0.2, 0) is 6.54 Å². The molecule has 0 radical (unpaired) electrons. The van der Waals surface area contributed by atoms with Crippen LogP contribution < -0.4 is 10.5 Å². The number of aromatic nitrogens is 1. The van der Waals surface area contributed by atoms with Gasteiger partial charge in [-0.3, -0.25) is 0 Å². The summed E-state index contributed by atoms with van der Waals surface area (Å²) in [5, 5.41) is 9.54. The highest BCUT2D eigenvalue weighted by molar-refractivity contribution is 5.86. The standard InChI is InChI=1S/C13H15N3O/c1-10(15)9-16-7-5-11-12(16)3-2-4-13(11)17-8-6-14/h2-5,7,10H,8-9,15H2,1H3/t10-/m1/s1. The van der Waals surface area contributed by atoms with Crippen molar-refractivity contribution in [2.75, 3.05) is 6.61 Å². The molecule has 1 heterocycles. The highest BCUT2D eigenvalue weighted by Crippen LogP contribution is 2.26. The van der Waals surface area contributed by atoms with Gasteiger partial charge in [-0.15, -0.1) is 0 Å². The maximum atomic E-state index is 8.53. The van der Waals surface area contributed by atoms with Crippen molar-refractivity contribution in [2.45, 2.75) is 19.5 Å². The van der Waals surface area contributed by atoms with Crippen LogP contribution in [0.5, 0.6) is 5.75 Å². The fourth-order valence-electron chi connectivity index (χ4n) is 1.90. The minimum absolute atomic E-state index is 0.0670. The first-order chi connectivity index (χ1) is 8.22. The van der Waals surface area contributed by atoms with E-state index < -0.39 is 0 Å². The van der Waals surface area contributed by atoms with Crippen molar-refractivity contribution in [3.63, 3.8) is 0 Å². The summed E-state index contributed by atoms with van der Waals surface area (Å²) in [6.45, 7) is 2.81. The molecule has 1 aromatic heterocycles. The van der Waals surface area contributed by atoms with Crippen LogP contribution in [0.3, 0.4) is 0 Å². The fraction of sp³-hybridized carbons (Fsp3) is 0.308. The molecular formula is C13H15N3O. The minimum Gasteiger partial charge on any atom is -0.478 e. The highest BCUT2D eigenvalue weighted by Gasteiger charge is 2.07. The average molecular weight is 229 g/mol. The molecule has 4 heteroatoms. The van der Waals surface area contributed by atoms with E-state index in [0.717, 1.165) is 23.2 Å². The van der Waals surface area contributed by atoms with Crippen LogP contribution in [0.15, 0.2) is 30.5 Å². The highest BCUT2D eigenvalue weighted by atomic mass is 16.5. The van der Waals surface area contributed by atoms with Gasteiger partial charge >= 0.3 is 0 Å². The Morgan fingerprint density at radius 2 is 2.29 bits per heavy atom. The first-order valence-corrected chi connectivity index (χ1v) is 5.55. The van der Waals surface area contributed by atoms with E-state index in [4.69, 9.17) is 15.7 Å². The van der Waals surface area contributed by atoms with Gasteiger partial charge in [0.2, 0.25) is 0 Å². The van der Waals surface area contributed by atoms with Crippen molar-refractivity contribution in [2.24, 2.45) is 5.73 Å². The van der Waals surface area contributed by atoms with E-state index in [0.29, 0.717) is 0 Å². The molecular weight excluding hydrogens is 214 g/mol. The van der Waals surface area contributed by atoms with Crippen LogP contribution in [0, 0.1) is 11.3 Å². The Bertz CT molecular complexity index is 551. The number of ether oxygens (including phenoxy) is 1. The smallest absolute Gasteiger partial charge is 0.174 e. The van der Waals surface area contributed by atoms with Crippen LogP contribution in [0.4, 0.5) is 0 Å². The van der Waals surface area contributed by atoms with Crippen molar-refractivity contribution in [3.05, 3.63) is 30.5 Å². The van der Waals surface area contributed by atoms with Crippen molar-refractivity contribution in [1.82, 2.24) is 4.57 Å². The molecule has 0 aliphatic heterocycles. The predicted molar refractivity (Wildman–Crippen MR) is 66.7 cm³/mol. The summed E-state index contributed by atoms with van der Waals surface area (Å²) in [6, 6.07) is 9.89. The molecule has 2 aromatic rings. The average Bonchev–Trinajstić information content (AvgIpc) is 2.70. The van der Waals surface area contributed by atoms with E-state index in [9.17, 15) is 0 Å². The van der Waals surface area contributed by atoms with E-state index in [-0.39, 0.29) is 12.6 Å². The van der Waals surface area contributed by atoms with E-state index >= 15 is 0 Å². The Balaban J connectivity index is 2.39.